The molecule has 1 rings (SSSR count). The molecular weight excluding hydrogens is 198 g/mol. The molecular formula is C10H15NO2S. The minimum Gasteiger partial charge on any atom is -0.508 e. The number of thioether (sulfide) groups is 1. The third kappa shape index (κ3) is 2.20. The summed E-state index contributed by atoms with van der Waals surface area (Å²) in [6, 6.07) is 5.01. The van der Waals surface area contributed by atoms with E-state index in [0.717, 1.165) is 10.5 Å². The first kappa shape index (κ1) is 11.4. The van der Waals surface area contributed by atoms with Gasteiger partial charge in [-0.2, -0.15) is 0 Å². The summed E-state index contributed by atoms with van der Waals surface area (Å²) in [6.07, 6.45) is 1.93. The molecule has 0 fully saturated rings. The highest BCUT2D eigenvalue weighted by atomic mass is 32.2. The first-order valence-corrected chi connectivity index (χ1v) is 5.51. The zero-order valence-corrected chi connectivity index (χ0v) is 9.14. The van der Waals surface area contributed by atoms with Crippen molar-refractivity contribution in [2.45, 2.75) is 17.4 Å². The molecule has 78 valence electrons. The molecule has 0 radical (unpaired) electrons. The summed E-state index contributed by atoms with van der Waals surface area (Å²) < 4.78 is 0. The lowest BCUT2D eigenvalue weighted by molar-refractivity contribution is 0.208. The monoisotopic (exact) mass is 213 g/mol. The molecule has 4 heteroatoms. The number of aliphatic hydroxyl groups is 1. The van der Waals surface area contributed by atoms with Crippen LogP contribution in [0.2, 0.25) is 0 Å². The predicted molar refractivity (Wildman–Crippen MR) is 58.5 cm³/mol. The smallest absolute Gasteiger partial charge is 0.116 e. The third-order valence-electron chi connectivity index (χ3n) is 2.13. The second kappa shape index (κ2) is 4.21. The van der Waals surface area contributed by atoms with Crippen LogP contribution in [-0.2, 0) is 5.54 Å². The number of aliphatic hydroxyl groups excluding tert-OH is 1. The Balaban J connectivity index is 3.23. The number of benzene rings is 1. The number of phenolic OH excluding ortho intramolecular Hbond substituents is 1. The van der Waals surface area contributed by atoms with Gasteiger partial charge in [0.05, 0.1) is 12.1 Å². The molecule has 4 N–H and O–H groups in total. The van der Waals surface area contributed by atoms with E-state index in [-0.39, 0.29) is 12.4 Å². The SMILES string of the molecule is CSc1ccc(O)cc1C(C)(N)CO. The second-order valence-corrected chi connectivity index (χ2v) is 4.31. The molecule has 1 aromatic carbocycles. The average molecular weight is 213 g/mol. The maximum Gasteiger partial charge on any atom is 0.116 e. The summed E-state index contributed by atoms with van der Waals surface area (Å²) in [5, 5.41) is 18.5. The topological polar surface area (TPSA) is 66.5 Å². The molecule has 14 heavy (non-hydrogen) atoms. The molecule has 0 aliphatic rings. The van der Waals surface area contributed by atoms with Gasteiger partial charge in [-0.1, -0.05) is 0 Å². The van der Waals surface area contributed by atoms with Crippen molar-refractivity contribution >= 4 is 11.8 Å². The molecule has 0 saturated heterocycles. The molecule has 1 unspecified atom stereocenters. The van der Waals surface area contributed by atoms with Crippen LogP contribution in [0.5, 0.6) is 5.75 Å². The first-order chi connectivity index (χ1) is 6.51. The van der Waals surface area contributed by atoms with Crippen LogP contribution in [0.4, 0.5) is 0 Å². The van der Waals surface area contributed by atoms with Gasteiger partial charge in [-0.3, -0.25) is 0 Å². The lowest BCUT2D eigenvalue weighted by Crippen LogP contribution is -2.37. The van der Waals surface area contributed by atoms with Gasteiger partial charge in [0.2, 0.25) is 0 Å². The van der Waals surface area contributed by atoms with Crippen molar-refractivity contribution < 1.29 is 10.2 Å². The number of hydrogen-bond donors (Lipinski definition) is 3. The van der Waals surface area contributed by atoms with E-state index < -0.39 is 5.54 Å². The number of phenols is 1. The highest BCUT2D eigenvalue weighted by Crippen LogP contribution is 2.31. The zero-order valence-electron chi connectivity index (χ0n) is 8.32. The zero-order chi connectivity index (χ0) is 10.8. The van der Waals surface area contributed by atoms with Crippen LogP contribution in [0.1, 0.15) is 12.5 Å². The Bertz CT molecular complexity index is 326. The van der Waals surface area contributed by atoms with E-state index >= 15 is 0 Å². The Morgan fingerprint density at radius 1 is 1.50 bits per heavy atom. The van der Waals surface area contributed by atoms with E-state index in [1.165, 1.54) is 0 Å². The van der Waals surface area contributed by atoms with Gasteiger partial charge in [-0.15, -0.1) is 11.8 Å². The summed E-state index contributed by atoms with van der Waals surface area (Å²) >= 11 is 1.54. The Morgan fingerprint density at radius 2 is 2.14 bits per heavy atom. The van der Waals surface area contributed by atoms with Gasteiger partial charge in [0.25, 0.3) is 0 Å². The van der Waals surface area contributed by atoms with Crippen LogP contribution >= 0.6 is 11.8 Å². The molecule has 0 aromatic heterocycles. The van der Waals surface area contributed by atoms with Crippen LogP contribution in [0.25, 0.3) is 0 Å². The quantitative estimate of drug-likeness (QED) is 0.662. The van der Waals surface area contributed by atoms with Gasteiger partial charge in [0.15, 0.2) is 0 Å². The summed E-state index contributed by atoms with van der Waals surface area (Å²) in [5.74, 6) is 0.169. The molecule has 3 nitrogen and oxygen atoms in total. The highest BCUT2D eigenvalue weighted by Gasteiger charge is 2.23. The fourth-order valence-corrected chi connectivity index (χ4v) is 1.94. The largest absolute Gasteiger partial charge is 0.508 e. The first-order valence-electron chi connectivity index (χ1n) is 4.28. The van der Waals surface area contributed by atoms with Crippen molar-refractivity contribution in [1.82, 2.24) is 0 Å². The summed E-state index contributed by atoms with van der Waals surface area (Å²) in [5.41, 5.74) is 5.87. The Morgan fingerprint density at radius 3 is 2.64 bits per heavy atom. The van der Waals surface area contributed by atoms with Crippen molar-refractivity contribution in [3.05, 3.63) is 23.8 Å². The molecule has 0 spiro atoms. The van der Waals surface area contributed by atoms with Crippen molar-refractivity contribution in [2.24, 2.45) is 5.73 Å². The molecule has 0 heterocycles. The second-order valence-electron chi connectivity index (χ2n) is 3.46. The summed E-state index contributed by atoms with van der Waals surface area (Å²) in [6.45, 7) is 1.59. The maximum atomic E-state index is 9.35. The maximum absolute atomic E-state index is 9.35. The Hall–Kier alpha value is -0.710. The molecule has 0 aliphatic heterocycles. The van der Waals surface area contributed by atoms with Gasteiger partial charge in [-0.25, -0.2) is 0 Å². The average Bonchev–Trinajstić information content (AvgIpc) is 2.18. The molecule has 1 aromatic rings. The van der Waals surface area contributed by atoms with E-state index in [1.807, 2.05) is 6.26 Å². The number of aromatic hydroxyl groups is 1. The van der Waals surface area contributed by atoms with Crippen molar-refractivity contribution in [3.8, 4) is 5.75 Å². The van der Waals surface area contributed by atoms with Gasteiger partial charge in [0, 0.05) is 4.90 Å². The van der Waals surface area contributed by atoms with Crippen molar-refractivity contribution in [1.29, 1.82) is 0 Å². The standard InChI is InChI=1S/C10H15NO2S/c1-10(11,6-12)8-5-7(13)3-4-9(8)14-2/h3-5,12-13H,6,11H2,1-2H3. The predicted octanol–water partition coefficient (Wildman–Crippen LogP) is 1.28. The highest BCUT2D eigenvalue weighted by molar-refractivity contribution is 7.98. The fraction of sp³-hybridized carbons (Fsp3) is 0.400. The van der Waals surface area contributed by atoms with E-state index in [4.69, 9.17) is 10.8 Å². The van der Waals surface area contributed by atoms with Crippen molar-refractivity contribution in [3.63, 3.8) is 0 Å². The van der Waals surface area contributed by atoms with Gasteiger partial charge in [-0.05, 0) is 36.9 Å². The molecule has 0 aliphatic carbocycles. The van der Waals surface area contributed by atoms with Crippen LogP contribution in [0.15, 0.2) is 23.1 Å². The molecule has 0 amide bonds. The third-order valence-corrected chi connectivity index (χ3v) is 2.92. The fourth-order valence-electron chi connectivity index (χ4n) is 1.23. The number of nitrogens with two attached hydrogens (primary N) is 1. The minimum absolute atomic E-state index is 0.149. The lowest BCUT2D eigenvalue weighted by Gasteiger charge is -2.24. The van der Waals surface area contributed by atoms with Gasteiger partial charge >= 0.3 is 0 Å². The van der Waals surface area contributed by atoms with Crippen LogP contribution < -0.4 is 5.73 Å². The van der Waals surface area contributed by atoms with Gasteiger partial charge < -0.3 is 15.9 Å². The van der Waals surface area contributed by atoms with E-state index in [2.05, 4.69) is 0 Å². The van der Waals surface area contributed by atoms with Crippen LogP contribution in [-0.4, -0.2) is 23.1 Å². The molecule has 1 atom stereocenters. The Labute approximate surface area is 87.9 Å². The molecule has 0 bridgehead atoms. The van der Waals surface area contributed by atoms with E-state index in [1.54, 1.807) is 36.9 Å². The normalized spacial score (nSPS) is 15.1. The van der Waals surface area contributed by atoms with E-state index in [0.29, 0.717) is 0 Å². The molecule has 0 saturated carbocycles. The van der Waals surface area contributed by atoms with Crippen LogP contribution in [0, 0.1) is 0 Å². The van der Waals surface area contributed by atoms with Crippen LogP contribution in [0.3, 0.4) is 0 Å². The minimum atomic E-state index is -0.808. The number of rotatable bonds is 3. The van der Waals surface area contributed by atoms with Gasteiger partial charge in [0.1, 0.15) is 5.75 Å². The lowest BCUT2D eigenvalue weighted by atomic mass is 9.94. The summed E-state index contributed by atoms with van der Waals surface area (Å²) in [4.78, 5) is 0.974. The van der Waals surface area contributed by atoms with Crippen molar-refractivity contribution in [2.75, 3.05) is 12.9 Å². The van der Waals surface area contributed by atoms with E-state index in [9.17, 15) is 5.11 Å². The Kier molecular flexibility index (Phi) is 3.42. The summed E-state index contributed by atoms with van der Waals surface area (Å²) in [7, 11) is 0. The number of hydrogen-bond acceptors (Lipinski definition) is 4.